The van der Waals surface area contributed by atoms with Crippen LogP contribution in [0.15, 0.2) is 48.5 Å². The molecule has 2 aromatic carbocycles. The molecule has 104 valence electrons. The minimum Gasteiger partial charge on any atom is -0.399 e. The summed E-state index contributed by atoms with van der Waals surface area (Å²) in [6, 6.07) is 14.9. The number of hydrogen-bond acceptors (Lipinski definition) is 2. The Labute approximate surface area is 123 Å². The summed E-state index contributed by atoms with van der Waals surface area (Å²) < 4.78 is 0. The Hall–Kier alpha value is -2.00. The van der Waals surface area contributed by atoms with Crippen LogP contribution >= 0.6 is 11.6 Å². The molecule has 1 unspecified atom stereocenters. The molecule has 2 aromatic rings. The number of rotatable bonds is 4. The highest BCUT2D eigenvalue weighted by Gasteiger charge is 2.12. The van der Waals surface area contributed by atoms with Gasteiger partial charge in [0.2, 0.25) is 0 Å². The van der Waals surface area contributed by atoms with Gasteiger partial charge in [0.25, 0.3) is 5.91 Å². The summed E-state index contributed by atoms with van der Waals surface area (Å²) in [5.41, 5.74) is 7.79. The van der Waals surface area contributed by atoms with Crippen molar-refractivity contribution in [2.24, 2.45) is 0 Å². The molecule has 0 spiro atoms. The highest BCUT2D eigenvalue weighted by Crippen LogP contribution is 2.19. The predicted molar refractivity (Wildman–Crippen MR) is 83.1 cm³/mol. The molecule has 0 radical (unpaired) electrons. The Balaban J connectivity index is 2.00. The van der Waals surface area contributed by atoms with Crippen molar-refractivity contribution in [3.8, 4) is 0 Å². The SMILES string of the molecule is CC(CNC(=O)c1cc(N)ccc1Cl)c1ccccc1. The first-order valence-corrected chi connectivity index (χ1v) is 6.84. The Morgan fingerprint density at radius 1 is 1.25 bits per heavy atom. The zero-order chi connectivity index (χ0) is 14.5. The van der Waals surface area contributed by atoms with E-state index in [0.29, 0.717) is 22.8 Å². The van der Waals surface area contributed by atoms with Crippen molar-refractivity contribution in [3.05, 3.63) is 64.7 Å². The first-order chi connectivity index (χ1) is 9.58. The highest BCUT2D eigenvalue weighted by molar-refractivity contribution is 6.34. The second kappa shape index (κ2) is 6.44. The normalized spacial score (nSPS) is 11.9. The minimum atomic E-state index is -0.204. The van der Waals surface area contributed by atoms with Gasteiger partial charge >= 0.3 is 0 Å². The van der Waals surface area contributed by atoms with E-state index in [9.17, 15) is 4.79 Å². The molecule has 20 heavy (non-hydrogen) atoms. The molecular weight excluding hydrogens is 272 g/mol. The minimum absolute atomic E-state index is 0.204. The van der Waals surface area contributed by atoms with E-state index < -0.39 is 0 Å². The number of nitrogens with one attached hydrogen (secondary N) is 1. The molecule has 0 aromatic heterocycles. The molecule has 0 aliphatic heterocycles. The lowest BCUT2D eigenvalue weighted by molar-refractivity contribution is 0.0952. The topological polar surface area (TPSA) is 55.1 Å². The van der Waals surface area contributed by atoms with E-state index in [2.05, 4.69) is 12.2 Å². The lowest BCUT2D eigenvalue weighted by atomic mass is 10.0. The highest BCUT2D eigenvalue weighted by atomic mass is 35.5. The molecule has 3 N–H and O–H groups in total. The molecule has 0 bridgehead atoms. The summed E-state index contributed by atoms with van der Waals surface area (Å²) in [5.74, 6) is 0.0325. The van der Waals surface area contributed by atoms with E-state index in [1.165, 1.54) is 5.56 Å². The summed E-state index contributed by atoms with van der Waals surface area (Å²) in [7, 11) is 0. The third-order valence-electron chi connectivity index (χ3n) is 3.17. The van der Waals surface area contributed by atoms with Crippen LogP contribution < -0.4 is 11.1 Å². The van der Waals surface area contributed by atoms with Gasteiger partial charge in [-0.25, -0.2) is 0 Å². The van der Waals surface area contributed by atoms with Crippen LogP contribution in [-0.2, 0) is 0 Å². The van der Waals surface area contributed by atoms with Crippen molar-refractivity contribution in [1.29, 1.82) is 0 Å². The third kappa shape index (κ3) is 3.52. The lowest BCUT2D eigenvalue weighted by Gasteiger charge is -2.13. The van der Waals surface area contributed by atoms with Gasteiger partial charge in [-0.1, -0.05) is 48.9 Å². The van der Waals surface area contributed by atoms with Gasteiger partial charge in [-0.3, -0.25) is 4.79 Å². The maximum absolute atomic E-state index is 12.1. The lowest BCUT2D eigenvalue weighted by Crippen LogP contribution is -2.27. The fourth-order valence-electron chi connectivity index (χ4n) is 1.96. The molecule has 0 fully saturated rings. The van der Waals surface area contributed by atoms with Gasteiger partial charge in [-0.2, -0.15) is 0 Å². The van der Waals surface area contributed by atoms with E-state index in [-0.39, 0.29) is 11.8 Å². The van der Waals surface area contributed by atoms with Gasteiger partial charge in [-0.15, -0.1) is 0 Å². The van der Waals surface area contributed by atoms with Gasteiger partial charge in [0, 0.05) is 12.2 Å². The second-order valence-electron chi connectivity index (χ2n) is 4.76. The average Bonchev–Trinajstić information content (AvgIpc) is 2.47. The largest absolute Gasteiger partial charge is 0.399 e. The molecule has 0 saturated heterocycles. The van der Waals surface area contributed by atoms with Crippen LogP contribution in [-0.4, -0.2) is 12.5 Å². The maximum atomic E-state index is 12.1. The van der Waals surface area contributed by atoms with E-state index in [1.54, 1.807) is 18.2 Å². The number of hydrogen-bond donors (Lipinski definition) is 2. The second-order valence-corrected chi connectivity index (χ2v) is 5.17. The van der Waals surface area contributed by atoms with Crippen molar-refractivity contribution in [1.82, 2.24) is 5.32 Å². The van der Waals surface area contributed by atoms with E-state index in [4.69, 9.17) is 17.3 Å². The van der Waals surface area contributed by atoms with E-state index >= 15 is 0 Å². The first kappa shape index (κ1) is 14.4. The first-order valence-electron chi connectivity index (χ1n) is 6.46. The van der Waals surface area contributed by atoms with Crippen molar-refractivity contribution in [2.45, 2.75) is 12.8 Å². The van der Waals surface area contributed by atoms with E-state index in [0.717, 1.165) is 0 Å². The number of nitrogen functional groups attached to an aromatic ring is 1. The summed E-state index contributed by atoms with van der Waals surface area (Å²) in [4.78, 5) is 12.1. The summed E-state index contributed by atoms with van der Waals surface area (Å²) >= 11 is 6.01. The van der Waals surface area contributed by atoms with Crippen LogP contribution in [0, 0.1) is 0 Å². The monoisotopic (exact) mass is 288 g/mol. The van der Waals surface area contributed by atoms with Crippen LogP contribution in [0.3, 0.4) is 0 Å². The van der Waals surface area contributed by atoms with Crippen molar-refractivity contribution in [2.75, 3.05) is 12.3 Å². The number of nitrogens with two attached hydrogens (primary N) is 1. The molecule has 2 rings (SSSR count). The molecule has 1 amide bonds. The summed E-state index contributed by atoms with van der Waals surface area (Å²) in [6.45, 7) is 2.62. The Morgan fingerprint density at radius 3 is 2.65 bits per heavy atom. The average molecular weight is 289 g/mol. The molecule has 3 nitrogen and oxygen atoms in total. The van der Waals surface area contributed by atoms with Gasteiger partial charge in [0.15, 0.2) is 0 Å². The zero-order valence-electron chi connectivity index (χ0n) is 11.3. The number of amides is 1. The maximum Gasteiger partial charge on any atom is 0.252 e. The van der Waals surface area contributed by atoms with E-state index in [1.807, 2.05) is 30.3 Å². The Kier molecular flexibility index (Phi) is 4.64. The molecule has 0 heterocycles. The van der Waals surface area contributed by atoms with Crippen LogP contribution in [0.25, 0.3) is 0 Å². The Bertz CT molecular complexity index is 599. The molecule has 4 heteroatoms. The molecule has 1 atom stereocenters. The van der Waals surface area contributed by atoms with Crippen LogP contribution in [0.4, 0.5) is 5.69 Å². The van der Waals surface area contributed by atoms with Gasteiger partial charge < -0.3 is 11.1 Å². The van der Waals surface area contributed by atoms with Crippen LogP contribution in [0.2, 0.25) is 5.02 Å². The summed E-state index contributed by atoms with van der Waals surface area (Å²) in [6.07, 6.45) is 0. The fourth-order valence-corrected chi connectivity index (χ4v) is 2.16. The number of carbonyl (C=O) groups is 1. The van der Waals surface area contributed by atoms with Gasteiger partial charge in [-0.05, 0) is 29.7 Å². The quantitative estimate of drug-likeness (QED) is 0.847. The summed E-state index contributed by atoms with van der Waals surface area (Å²) in [5, 5.41) is 3.29. The smallest absolute Gasteiger partial charge is 0.252 e. The van der Waals surface area contributed by atoms with Gasteiger partial charge in [0.05, 0.1) is 10.6 Å². The number of carbonyl (C=O) groups excluding carboxylic acids is 1. The molecule has 0 saturated carbocycles. The van der Waals surface area contributed by atoms with Crippen molar-refractivity contribution in [3.63, 3.8) is 0 Å². The number of halogens is 1. The van der Waals surface area contributed by atoms with Crippen LogP contribution in [0.5, 0.6) is 0 Å². The molecular formula is C16H17ClN2O. The molecule has 0 aliphatic rings. The number of anilines is 1. The zero-order valence-corrected chi connectivity index (χ0v) is 12.0. The Morgan fingerprint density at radius 2 is 1.95 bits per heavy atom. The fraction of sp³-hybridized carbons (Fsp3) is 0.188. The number of benzene rings is 2. The molecule has 0 aliphatic carbocycles. The van der Waals surface area contributed by atoms with Crippen LogP contribution in [0.1, 0.15) is 28.8 Å². The van der Waals surface area contributed by atoms with Gasteiger partial charge in [0.1, 0.15) is 0 Å². The standard InChI is InChI=1S/C16H17ClN2O/c1-11(12-5-3-2-4-6-12)10-19-16(20)14-9-13(18)7-8-15(14)17/h2-9,11H,10,18H2,1H3,(H,19,20). The van der Waals surface area contributed by atoms with Crippen molar-refractivity contribution < 1.29 is 4.79 Å². The third-order valence-corrected chi connectivity index (χ3v) is 3.50. The van der Waals surface area contributed by atoms with Crippen molar-refractivity contribution >= 4 is 23.2 Å². The predicted octanol–water partition coefficient (Wildman–Crippen LogP) is 3.46.